The van der Waals surface area contributed by atoms with E-state index >= 15 is 0 Å². The van der Waals surface area contributed by atoms with Gasteiger partial charge in [0.05, 0.1) is 17.9 Å². The first kappa shape index (κ1) is 10.1. The van der Waals surface area contributed by atoms with Crippen molar-refractivity contribution < 1.29 is 4.79 Å². The Labute approximate surface area is 89.3 Å². The number of rotatable bonds is 2. The van der Waals surface area contributed by atoms with Gasteiger partial charge in [0.1, 0.15) is 0 Å². The number of likely N-dealkylation sites (N-methyl/N-ethyl adjacent to an activating group) is 1. The SMILES string of the molecule is CN1CCCC1C(=O)Nc1cccnc1. The monoisotopic (exact) mass is 205 g/mol. The van der Waals surface area contributed by atoms with E-state index in [1.807, 2.05) is 19.2 Å². The summed E-state index contributed by atoms with van der Waals surface area (Å²) in [4.78, 5) is 17.9. The number of pyridine rings is 1. The molecule has 2 heterocycles. The molecule has 1 aromatic rings. The third kappa shape index (κ3) is 2.33. The van der Waals surface area contributed by atoms with Gasteiger partial charge in [-0.15, -0.1) is 0 Å². The van der Waals surface area contributed by atoms with Gasteiger partial charge in [-0.2, -0.15) is 0 Å². The molecular formula is C11H15N3O. The molecular weight excluding hydrogens is 190 g/mol. The Hall–Kier alpha value is -1.42. The summed E-state index contributed by atoms with van der Waals surface area (Å²) in [6, 6.07) is 3.68. The van der Waals surface area contributed by atoms with Crippen LogP contribution in [0.4, 0.5) is 5.69 Å². The maximum Gasteiger partial charge on any atom is 0.241 e. The number of amides is 1. The Kier molecular flexibility index (Phi) is 2.97. The van der Waals surface area contributed by atoms with Crippen molar-refractivity contribution in [2.75, 3.05) is 18.9 Å². The molecule has 0 aromatic carbocycles. The largest absolute Gasteiger partial charge is 0.323 e. The molecule has 0 bridgehead atoms. The smallest absolute Gasteiger partial charge is 0.241 e. The molecule has 1 aromatic heterocycles. The molecule has 0 spiro atoms. The zero-order chi connectivity index (χ0) is 10.7. The Morgan fingerprint density at radius 1 is 1.67 bits per heavy atom. The summed E-state index contributed by atoms with van der Waals surface area (Å²) in [6.07, 6.45) is 5.40. The second-order valence-electron chi connectivity index (χ2n) is 3.87. The normalized spacial score (nSPS) is 21.5. The summed E-state index contributed by atoms with van der Waals surface area (Å²) < 4.78 is 0. The summed E-state index contributed by atoms with van der Waals surface area (Å²) in [7, 11) is 1.99. The average molecular weight is 205 g/mol. The zero-order valence-electron chi connectivity index (χ0n) is 8.81. The van der Waals surface area contributed by atoms with E-state index in [-0.39, 0.29) is 11.9 Å². The number of anilines is 1. The van der Waals surface area contributed by atoms with Crippen molar-refractivity contribution in [3.8, 4) is 0 Å². The van der Waals surface area contributed by atoms with E-state index in [0.29, 0.717) is 0 Å². The van der Waals surface area contributed by atoms with Gasteiger partial charge in [-0.1, -0.05) is 0 Å². The quantitative estimate of drug-likeness (QED) is 0.786. The first-order valence-corrected chi connectivity index (χ1v) is 5.18. The van der Waals surface area contributed by atoms with Crippen molar-refractivity contribution in [3.63, 3.8) is 0 Å². The molecule has 1 aliphatic heterocycles. The van der Waals surface area contributed by atoms with Crippen LogP contribution in [0.15, 0.2) is 24.5 Å². The first-order valence-electron chi connectivity index (χ1n) is 5.18. The lowest BCUT2D eigenvalue weighted by Gasteiger charge is -2.18. The fraction of sp³-hybridized carbons (Fsp3) is 0.455. The van der Waals surface area contributed by atoms with Gasteiger partial charge in [0.2, 0.25) is 5.91 Å². The summed E-state index contributed by atoms with van der Waals surface area (Å²) in [5.74, 6) is 0.0722. The van der Waals surface area contributed by atoms with Gasteiger partial charge < -0.3 is 5.32 Å². The van der Waals surface area contributed by atoms with E-state index in [9.17, 15) is 4.79 Å². The van der Waals surface area contributed by atoms with Crippen molar-refractivity contribution in [1.82, 2.24) is 9.88 Å². The molecule has 1 saturated heterocycles. The van der Waals surface area contributed by atoms with Crippen LogP contribution in [0.3, 0.4) is 0 Å². The van der Waals surface area contributed by atoms with Gasteiger partial charge >= 0.3 is 0 Å². The van der Waals surface area contributed by atoms with Gasteiger partial charge in [-0.3, -0.25) is 14.7 Å². The molecule has 2 rings (SSSR count). The summed E-state index contributed by atoms with van der Waals surface area (Å²) in [6.45, 7) is 1.01. The van der Waals surface area contributed by atoms with Crippen molar-refractivity contribution in [2.45, 2.75) is 18.9 Å². The van der Waals surface area contributed by atoms with Gasteiger partial charge in [0, 0.05) is 6.20 Å². The Morgan fingerprint density at radius 2 is 2.53 bits per heavy atom. The number of hydrogen-bond donors (Lipinski definition) is 1. The third-order valence-corrected chi connectivity index (χ3v) is 2.75. The minimum atomic E-state index is 0.0187. The fourth-order valence-electron chi connectivity index (χ4n) is 1.90. The second-order valence-corrected chi connectivity index (χ2v) is 3.87. The minimum absolute atomic E-state index is 0.0187. The van der Waals surface area contributed by atoms with Gasteiger partial charge in [-0.25, -0.2) is 0 Å². The second kappa shape index (κ2) is 4.40. The van der Waals surface area contributed by atoms with E-state index in [1.165, 1.54) is 0 Å². The van der Waals surface area contributed by atoms with Crippen LogP contribution in [0.1, 0.15) is 12.8 Å². The van der Waals surface area contributed by atoms with Crippen molar-refractivity contribution in [1.29, 1.82) is 0 Å². The molecule has 0 aliphatic carbocycles. The van der Waals surface area contributed by atoms with Crippen molar-refractivity contribution >= 4 is 11.6 Å². The van der Waals surface area contributed by atoms with Crippen LogP contribution in [-0.4, -0.2) is 35.4 Å². The van der Waals surface area contributed by atoms with Crippen LogP contribution < -0.4 is 5.32 Å². The molecule has 1 fully saturated rings. The van der Waals surface area contributed by atoms with Crippen molar-refractivity contribution in [2.24, 2.45) is 0 Å². The van der Waals surface area contributed by atoms with Gasteiger partial charge in [-0.05, 0) is 38.6 Å². The number of hydrogen-bond acceptors (Lipinski definition) is 3. The van der Waals surface area contributed by atoms with Crippen molar-refractivity contribution in [3.05, 3.63) is 24.5 Å². The molecule has 80 valence electrons. The Morgan fingerprint density at radius 3 is 3.13 bits per heavy atom. The Bertz CT molecular complexity index is 339. The van der Waals surface area contributed by atoms with Crippen LogP contribution in [-0.2, 0) is 4.79 Å². The third-order valence-electron chi connectivity index (χ3n) is 2.75. The molecule has 0 radical (unpaired) electrons. The number of likely N-dealkylation sites (tertiary alicyclic amines) is 1. The highest BCUT2D eigenvalue weighted by molar-refractivity contribution is 5.94. The number of nitrogens with one attached hydrogen (secondary N) is 1. The number of nitrogens with zero attached hydrogens (tertiary/aromatic N) is 2. The molecule has 4 nitrogen and oxygen atoms in total. The van der Waals surface area contributed by atoms with Crippen LogP contribution in [0.25, 0.3) is 0 Å². The maximum absolute atomic E-state index is 11.8. The summed E-state index contributed by atoms with van der Waals surface area (Å²) >= 11 is 0. The fourth-order valence-corrected chi connectivity index (χ4v) is 1.90. The number of carbonyl (C=O) groups is 1. The van der Waals surface area contributed by atoms with E-state index in [0.717, 1.165) is 25.1 Å². The van der Waals surface area contributed by atoms with Crippen LogP contribution in [0, 0.1) is 0 Å². The topological polar surface area (TPSA) is 45.2 Å². The van der Waals surface area contributed by atoms with Crippen LogP contribution >= 0.6 is 0 Å². The molecule has 0 saturated carbocycles. The molecule has 4 heteroatoms. The highest BCUT2D eigenvalue weighted by Gasteiger charge is 2.27. The minimum Gasteiger partial charge on any atom is -0.323 e. The first-order chi connectivity index (χ1) is 7.27. The number of aromatic nitrogens is 1. The van der Waals surface area contributed by atoms with Crippen LogP contribution in [0.2, 0.25) is 0 Å². The molecule has 1 aliphatic rings. The Balaban J connectivity index is 1.98. The van der Waals surface area contributed by atoms with Gasteiger partial charge in [0.15, 0.2) is 0 Å². The van der Waals surface area contributed by atoms with E-state index < -0.39 is 0 Å². The average Bonchev–Trinajstić information content (AvgIpc) is 2.66. The molecule has 15 heavy (non-hydrogen) atoms. The lowest BCUT2D eigenvalue weighted by atomic mass is 10.2. The lowest BCUT2D eigenvalue weighted by Crippen LogP contribution is -2.37. The molecule has 1 amide bonds. The van der Waals surface area contributed by atoms with E-state index in [1.54, 1.807) is 12.4 Å². The van der Waals surface area contributed by atoms with E-state index in [4.69, 9.17) is 0 Å². The molecule has 1 unspecified atom stereocenters. The zero-order valence-corrected chi connectivity index (χ0v) is 8.81. The molecule has 1 N–H and O–H groups in total. The highest BCUT2D eigenvalue weighted by Crippen LogP contribution is 2.16. The maximum atomic E-state index is 11.8. The standard InChI is InChI=1S/C11H15N3O/c1-14-7-3-5-10(14)11(15)13-9-4-2-6-12-8-9/h2,4,6,8,10H,3,5,7H2,1H3,(H,13,15). The highest BCUT2D eigenvalue weighted by atomic mass is 16.2. The summed E-state index contributed by atoms with van der Waals surface area (Å²) in [5, 5.41) is 2.87. The lowest BCUT2D eigenvalue weighted by molar-refractivity contribution is -0.119. The van der Waals surface area contributed by atoms with Crippen LogP contribution in [0.5, 0.6) is 0 Å². The predicted octanol–water partition coefficient (Wildman–Crippen LogP) is 1.11. The van der Waals surface area contributed by atoms with E-state index in [2.05, 4.69) is 15.2 Å². The predicted molar refractivity (Wildman–Crippen MR) is 58.5 cm³/mol. The molecule has 1 atom stereocenters. The van der Waals surface area contributed by atoms with Gasteiger partial charge in [0.25, 0.3) is 0 Å². The number of carbonyl (C=O) groups excluding carboxylic acids is 1. The summed E-state index contributed by atoms with van der Waals surface area (Å²) in [5.41, 5.74) is 0.766.